The first-order valence-corrected chi connectivity index (χ1v) is 8.72. The fourth-order valence-electron chi connectivity index (χ4n) is 3.26. The van der Waals surface area contributed by atoms with Crippen molar-refractivity contribution >= 4 is 11.6 Å². The highest BCUT2D eigenvalue weighted by Crippen LogP contribution is 2.30. The highest BCUT2D eigenvalue weighted by molar-refractivity contribution is 5.93. The van der Waals surface area contributed by atoms with E-state index in [1.165, 1.54) is 36.8 Å². The molecule has 3 N–H and O–H groups in total. The van der Waals surface area contributed by atoms with Crippen LogP contribution in [-0.2, 0) is 25.9 Å². The molecule has 0 unspecified atom stereocenters. The van der Waals surface area contributed by atoms with E-state index in [1.807, 2.05) is 4.68 Å². The number of aliphatic imine (C=N–C) groups is 1. The number of aromatic nitrogens is 4. The van der Waals surface area contributed by atoms with Crippen molar-refractivity contribution in [1.29, 1.82) is 0 Å². The minimum atomic E-state index is 0.396. The number of benzene rings is 1. The van der Waals surface area contributed by atoms with Crippen molar-refractivity contribution in [3.63, 3.8) is 0 Å². The second-order valence-corrected chi connectivity index (χ2v) is 6.70. The molecule has 1 saturated carbocycles. The lowest BCUT2D eigenvalue weighted by Crippen LogP contribution is -2.24. The number of rotatable bonds is 5. The Labute approximate surface area is 141 Å². The molecule has 2 aliphatic carbocycles. The zero-order valence-corrected chi connectivity index (χ0v) is 13.8. The molecule has 2 aromatic rings. The largest absolute Gasteiger partial charge is 0.370 e. The molecule has 126 valence electrons. The molecule has 0 saturated heterocycles. The van der Waals surface area contributed by atoms with Gasteiger partial charge < -0.3 is 11.1 Å². The molecule has 1 aromatic carbocycles. The second kappa shape index (κ2) is 6.59. The molecule has 7 heteroatoms. The van der Waals surface area contributed by atoms with Crippen LogP contribution in [0.1, 0.15) is 42.6 Å². The Kier molecular flexibility index (Phi) is 4.15. The smallest absolute Gasteiger partial charge is 0.193 e. The van der Waals surface area contributed by atoms with Crippen LogP contribution in [0.5, 0.6) is 0 Å². The van der Waals surface area contributed by atoms with Gasteiger partial charge in [0.2, 0.25) is 0 Å². The molecule has 0 atom stereocenters. The highest BCUT2D eigenvalue weighted by atomic mass is 15.5. The fraction of sp³-hybridized carbons (Fsp3) is 0.529. The molecule has 1 fully saturated rings. The first-order valence-electron chi connectivity index (χ1n) is 8.72. The number of anilines is 1. The molecule has 0 radical (unpaired) electrons. The molecule has 7 nitrogen and oxygen atoms in total. The van der Waals surface area contributed by atoms with Crippen LogP contribution in [-0.4, -0.2) is 26.2 Å². The van der Waals surface area contributed by atoms with Crippen molar-refractivity contribution in [2.45, 2.75) is 51.6 Å². The Morgan fingerprint density at radius 3 is 3.04 bits per heavy atom. The van der Waals surface area contributed by atoms with Crippen molar-refractivity contribution in [2.75, 3.05) is 5.32 Å². The van der Waals surface area contributed by atoms with Crippen molar-refractivity contribution in [3.8, 4) is 0 Å². The van der Waals surface area contributed by atoms with E-state index in [-0.39, 0.29) is 0 Å². The van der Waals surface area contributed by atoms with Gasteiger partial charge in [0.1, 0.15) is 6.54 Å². The molecular weight excluding hydrogens is 302 g/mol. The lowest BCUT2D eigenvalue weighted by atomic mass is 9.90. The van der Waals surface area contributed by atoms with Gasteiger partial charge in [0.05, 0.1) is 0 Å². The minimum Gasteiger partial charge on any atom is -0.370 e. The van der Waals surface area contributed by atoms with E-state index in [1.54, 1.807) is 0 Å². The van der Waals surface area contributed by atoms with Crippen LogP contribution >= 0.6 is 0 Å². The van der Waals surface area contributed by atoms with Crippen LogP contribution in [0, 0.1) is 5.92 Å². The van der Waals surface area contributed by atoms with Crippen LogP contribution < -0.4 is 11.1 Å². The van der Waals surface area contributed by atoms with E-state index in [0.717, 1.165) is 36.8 Å². The van der Waals surface area contributed by atoms with Gasteiger partial charge in [0.15, 0.2) is 11.8 Å². The van der Waals surface area contributed by atoms with Gasteiger partial charge >= 0.3 is 0 Å². The molecular formula is C17H23N7. The Balaban J connectivity index is 1.43. The zero-order chi connectivity index (χ0) is 16.4. The number of hydrogen-bond acceptors (Lipinski definition) is 4. The fourth-order valence-corrected chi connectivity index (χ4v) is 3.26. The highest BCUT2D eigenvalue weighted by Gasteiger charge is 2.23. The lowest BCUT2D eigenvalue weighted by Gasteiger charge is -2.19. The molecule has 0 spiro atoms. The van der Waals surface area contributed by atoms with Gasteiger partial charge in [-0.15, -0.1) is 5.10 Å². The molecule has 0 aliphatic heterocycles. The van der Waals surface area contributed by atoms with Crippen LogP contribution in [0.3, 0.4) is 0 Å². The van der Waals surface area contributed by atoms with Gasteiger partial charge in [0.25, 0.3) is 0 Å². The topological polar surface area (TPSA) is 94.0 Å². The number of tetrazole rings is 1. The van der Waals surface area contributed by atoms with Crippen LogP contribution in [0.15, 0.2) is 23.2 Å². The van der Waals surface area contributed by atoms with Crippen molar-refractivity contribution in [2.24, 2.45) is 16.6 Å². The van der Waals surface area contributed by atoms with E-state index < -0.39 is 0 Å². The summed E-state index contributed by atoms with van der Waals surface area (Å²) in [6.45, 7) is 1.28. The summed E-state index contributed by atoms with van der Waals surface area (Å²) >= 11 is 0. The standard InChI is InChI=1S/C17H23N7/c18-17(19-10-16-21-22-23-24(16)11-12-8-9-12)20-15-7-3-5-13-4-1-2-6-14(13)15/h3,5,7,12H,1-2,4,6,8-11H2,(H3,18,19,20). The molecule has 0 amide bonds. The first kappa shape index (κ1) is 15.1. The van der Waals surface area contributed by atoms with Gasteiger partial charge in [-0.05, 0) is 72.1 Å². The second-order valence-electron chi connectivity index (χ2n) is 6.70. The summed E-state index contributed by atoms with van der Waals surface area (Å²) < 4.78 is 1.85. The maximum absolute atomic E-state index is 6.08. The summed E-state index contributed by atoms with van der Waals surface area (Å²) in [5.41, 5.74) is 9.95. The van der Waals surface area contributed by atoms with Crippen LogP contribution in [0.25, 0.3) is 0 Å². The van der Waals surface area contributed by atoms with Gasteiger partial charge in [0, 0.05) is 12.2 Å². The SMILES string of the molecule is NC(=NCc1nnnn1CC1CC1)Nc1cccc2c1CCCC2. The van der Waals surface area contributed by atoms with E-state index in [9.17, 15) is 0 Å². The Bertz CT molecular complexity index is 745. The number of nitrogens with two attached hydrogens (primary N) is 1. The van der Waals surface area contributed by atoms with Crippen LogP contribution in [0.2, 0.25) is 0 Å². The van der Waals surface area contributed by atoms with E-state index in [4.69, 9.17) is 5.73 Å². The van der Waals surface area contributed by atoms with Crippen molar-refractivity contribution in [3.05, 3.63) is 35.2 Å². The zero-order valence-electron chi connectivity index (χ0n) is 13.8. The molecule has 24 heavy (non-hydrogen) atoms. The number of nitrogens with zero attached hydrogens (tertiary/aromatic N) is 5. The number of fused-ring (bicyclic) bond motifs is 1. The summed E-state index contributed by atoms with van der Waals surface area (Å²) in [5, 5.41) is 15.1. The van der Waals surface area contributed by atoms with Gasteiger partial charge in [-0.3, -0.25) is 0 Å². The monoisotopic (exact) mass is 325 g/mol. The third-order valence-electron chi connectivity index (χ3n) is 4.78. The normalized spacial score (nSPS) is 17.6. The predicted octanol–water partition coefficient (Wildman–Crippen LogP) is 1.89. The molecule has 4 rings (SSSR count). The van der Waals surface area contributed by atoms with Crippen molar-refractivity contribution in [1.82, 2.24) is 20.2 Å². The Hall–Kier alpha value is -2.44. The first-order chi connectivity index (χ1) is 11.8. The molecule has 1 aromatic heterocycles. The molecule has 2 aliphatic rings. The van der Waals surface area contributed by atoms with E-state index >= 15 is 0 Å². The number of aryl methyl sites for hydroxylation is 1. The summed E-state index contributed by atoms with van der Waals surface area (Å²) in [6, 6.07) is 6.36. The Morgan fingerprint density at radius 1 is 1.29 bits per heavy atom. The predicted molar refractivity (Wildman–Crippen MR) is 92.6 cm³/mol. The molecule has 0 bridgehead atoms. The average Bonchev–Trinajstić information content (AvgIpc) is 3.30. The number of guanidine groups is 1. The van der Waals surface area contributed by atoms with Crippen LogP contribution in [0.4, 0.5) is 5.69 Å². The minimum absolute atomic E-state index is 0.396. The Morgan fingerprint density at radius 2 is 2.17 bits per heavy atom. The number of hydrogen-bond donors (Lipinski definition) is 2. The van der Waals surface area contributed by atoms with Gasteiger partial charge in [-0.25, -0.2) is 9.67 Å². The third-order valence-corrected chi connectivity index (χ3v) is 4.78. The van der Waals surface area contributed by atoms with Gasteiger partial charge in [-0.2, -0.15) is 0 Å². The van der Waals surface area contributed by atoms with Gasteiger partial charge in [-0.1, -0.05) is 12.1 Å². The van der Waals surface area contributed by atoms with E-state index in [2.05, 4.69) is 44.0 Å². The van der Waals surface area contributed by atoms with E-state index in [0.29, 0.717) is 12.5 Å². The summed E-state index contributed by atoms with van der Waals surface area (Å²) in [4.78, 5) is 4.42. The quantitative estimate of drug-likeness (QED) is 0.647. The average molecular weight is 325 g/mol. The summed E-state index contributed by atoms with van der Waals surface area (Å²) in [5.74, 6) is 1.90. The molecule has 1 heterocycles. The number of nitrogens with one attached hydrogen (secondary N) is 1. The summed E-state index contributed by atoms with van der Waals surface area (Å²) in [6.07, 6.45) is 7.29. The van der Waals surface area contributed by atoms with Crippen molar-refractivity contribution < 1.29 is 0 Å². The maximum Gasteiger partial charge on any atom is 0.193 e. The third kappa shape index (κ3) is 3.39. The maximum atomic E-state index is 6.08. The lowest BCUT2D eigenvalue weighted by molar-refractivity contribution is 0.524. The summed E-state index contributed by atoms with van der Waals surface area (Å²) in [7, 11) is 0.